The van der Waals surface area contributed by atoms with Gasteiger partial charge in [-0.2, -0.15) is 0 Å². The molecule has 32 heavy (non-hydrogen) atoms. The van der Waals surface area contributed by atoms with E-state index in [2.05, 4.69) is 15.4 Å². The lowest BCUT2D eigenvalue weighted by Gasteiger charge is -2.29. The van der Waals surface area contributed by atoms with Crippen LogP contribution in [-0.2, 0) is 14.8 Å². The van der Waals surface area contributed by atoms with Gasteiger partial charge in [-0.1, -0.05) is 0 Å². The quantitative estimate of drug-likeness (QED) is 0.568. The molecule has 0 aromatic heterocycles. The van der Waals surface area contributed by atoms with Gasteiger partial charge in [-0.3, -0.25) is 9.59 Å². The summed E-state index contributed by atoms with van der Waals surface area (Å²) in [6, 6.07) is -0.0698. The standard InChI is InChI=1S/C24H39N3O4S/c1-13(2)25-24(29)21-15(5)17(7)22(18(8)16(21)6)26-23(28)19-9-11-20(12-10-19)27-32(30,31)14(3)4/h13-14,19-20,27H,9-12H2,1-8H3,(H,25,29)(H,26,28)/t19-,20-. The van der Waals surface area contributed by atoms with E-state index in [9.17, 15) is 18.0 Å². The molecule has 1 aliphatic carbocycles. The van der Waals surface area contributed by atoms with Crippen LogP contribution in [0.4, 0.5) is 5.69 Å². The Hall–Kier alpha value is -1.93. The van der Waals surface area contributed by atoms with Crippen molar-refractivity contribution in [2.75, 3.05) is 5.32 Å². The van der Waals surface area contributed by atoms with Gasteiger partial charge in [0.25, 0.3) is 5.91 Å². The van der Waals surface area contributed by atoms with Crippen LogP contribution in [0, 0.1) is 33.6 Å². The van der Waals surface area contributed by atoms with Crippen molar-refractivity contribution in [1.82, 2.24) is 10.0 Å². The summed E-state index contributed by atoms with van der Waals surface area (Å²) in [7, 11) is -3.31. The van der Waals surface area contributed by atoms with Gasteiger partial charge in [-0.25, -0.2) is 13.1 Å². The van der Waals surface area contributed by atoms with Crippen LogP contribution in [-0.4, -0.2) is 37.6 Å². The monoisotopic (exact) mass is 465 g/mol. The van der Waals surface area contributed by atoms with Crippen LogP contribution in [0.1, 0.15) is 86.0 Å². The molecule has 0 radical (unpaired) electrons. The maximum absolute atomic E-state index is 13.0. The minimum absolute atomic E-state index is 0.0421. The number of benzene rings is 1. The van der Waals surface area contributed by atoms with Crippen molar-refractivity contribution in [2.24, 2.45) is 5.92 Å². The van der Waals surface area contributed by atoms with E-state index in [-0.39, 0.29) is 29.8 Å². The third kappa shape index (κ3) is 5.90. The highest BCUT2D eigenvalue weighted by atomic mass is 32.2. The molecule has 1 fully saturated rings. The lowest BCUT2D eigenvalue weighted by Crippen LogP contribution is -2.42. The number of carbonyl (C=O) groups is 2. The zero-order valence-electron chi connectivity index (χ0n) is 20.7. The summed E-state index contributed by atoms with van der Waals surface area (Å²) >= 11 is 0. The smallest absolute Gasteiger partial charge is 0.252 e. The van der Waals surface area contributed by atoms with Gasteiger partial charge in [-0.15, -0.1) is 0 Å². The van der Waals surface area contributed by atoms with E-state index in [1.807, 2.05) is 41.5 Å². The molecule has 0 heterocycles. The number of amides is 2. The third-order valence-corrected chi connectivity index (χ3v) is 8.47. The van der Waals surface area contributed by atoms with Crippen molar-refractivity contribution in [2.45, 2.75) is 98.4 Å². The predicted octanol–water partition coefficient (Wildman–Crippen LogP) is 3.88. The second-order valence-electron chi connectivity index (χ2n) is 9.63. The second kappa shape index (κ2) is 10.3. The fourth-order valence-electron chi connectivity index (χ4n) is 4.24. The van der Waals surface area contributed by atoms with E-state index in [4.69, 9.17) is 0 Å². The predicted molar refractivity (Wildman–Crippen MR) is 130 cm³/mol. The molecule has 0 spiro atoms. The summed E-state index contributed by atoms with van der Waals surface area (Å²) in [5.74, 6) is -0.293. The molecule has 0 aliphatic heterocycles. The van der Waals surface area contributed by atoms with Crippen LogP contribution in [0.25, 0.3) is 0 Å². The van der Waals surface area contributed by atoms with E-state index < -0.39 is 15.3 Å². The summed E-state index contributed by atoms with van der Waals surface area (Å²) in [5.41, 5.74) is 4.97. The first-order valence-electron chi connectivity index (χ1n) is 11.5. The molecule has 1 aromatic rings. The number of carbonyl (C=O) groups excluding carboxylic acids is 2. The Labute approximate surface area is 193 Å². The van der Waals surface area contributed by atoms with Gasteiger partial charge in [-0.05, 0) is 103 Å². The topological polar surface area (TPSA) is 104 Å². The molecule has 8 heteroatoms. The van der Waals surface area contributed by atoms with E-state index in [0.29, 0.717) is 31.2 Å². The van der Waals surface area contributed by atoms with Crippen molar-refractivity contribution in [3.8, 4) is 0 Å². The molecule has 2 rings (SSSR count). The molecule has 1 aromatic carbocycles. The first kappa shape index (κ1) is 26.3. The van der Waals surface area contributed by atoms with Crippen molar-refractivity contribution < 1.29 is 18.0 Å². The highest BCUT2D eigenvalue weighted by Crippen LogP contribution is 2.33. The molecule has 180 valence electrons. The molecule has 3 N–H and O–H groups in total. The zero-order chi connectivity index (χ0) is 24.4. The van der Waals surface area contributed by atoms with Crippen LogP contribution in [0.2, 0.25) is 0 Å². The number of anilines is 1. The molecule has 2 amide bonds. The third-order valence-electron chi connectivity index (χ3n) is 6.57. The Morgan fingerprint density at radius 2 is 1.34 bits per heavy atom. The maximum Gasteiger partial charge on any atom is 0.252 e. The Kier molecular flexibility index (Phi) is 8.50. The van der Waals surface area contributed by atoms with Crippen LogP contribution in [0.3, 0.4) is 0 Å². The van der Waals surface area contributed by atoms with Crippen LogP contribution in [0.15, 0.2) is 0 Å². The highest BCUT2D eigenvalue weighted by molar-refractivity contribution is 7.90. The first-order chi connectivity index (χ1) is 14.8. The molecule has 0 saturated heterocycles. The number of hydrogen-bond acceptors (Lipinski definition) is 4. The summed E-state index contributed by atoms with van der Waals surface area (Å²) in [4.78, 5) is 25.7. The van der Waals surface area contributed by atoms with Crippen molar-refractivity contribution in [3.05, 3.63) is 27.8 Å². The van der Waals surface area contributed by atoms with Crippen LogP contribution in [0.5, 0.6) is 0 Å². The zero-order valence-corrected chi connectivity index (χ0v) is 21.5. The van der Waals surface area contributed by atoms with Crippen molar-refractivity contribution in [1.29, 1.82) is 0 Å². The Morgan fingerprint density at radius 3 is 1.78 bits per heavy atom. The summed E-state index contributed by atoms with van der Waals surface area (Å²) in [6.07, 6.45) is 2.58. The molecule has 0 atom stereocenters. The van der Waals surface area contributed by atoms with Crippen molar-refractivity contribution in [3.63, 3.8) is 0 Å². The van der Waals surface area contributed by atoms with Crippen molar-refractivity contribution >= 4 is 27.5 Å². The Bertz CT molecular complexity index is 946. The molecular weight excluding hydrogens is 426 g/mol. The van der Waals surface area contributed by atoms with E-state index >= 15 is 0 Å². The average molecular weight is 466 g/mol. The molecule has 7 nitrogen and oxygen atoms in total. The van der Waals surface area contributed by atoms with Gasteiger partial charge >= 0.3 is 0 Å². The van der Waals surface area contributed by atoms with Gasteiger partial charge in [0.05, 0.1) is 5.25 Å². The van der Waals surface area contributed by atoms with Crippen LogP contribution >= 0.6 is 0 Å². The molecule has 1 aliphatic rings. The van der Waals surface area contributed by atoms with Gasteiger partial charge in [0, 0.05) is 29.3 Å². The second-order valence-corrected chi connectivity index (χ2v) is 11.9. The van der Waals surface area contributed by atoms with Crippen LogP contribution < -0.4 is 15.4 Å². The number of sulfonamides is 1. The average Bonchev–Trinajstić information content (AvgIpc) is 2.69. The molecular formula is C24H39N3O4S. The van der Waals surface area contributed by atoms with E-state index in [1.165, 1.54) is 0 Å². The lowest BCUT2D eigenvalue weighted by molar-refractivity contribution is -0.120. The highest BCUT2D eigenvalue weighted by Gasteiger charge is 2.30. The summed E-state index contributed by atoms with van der Waals surface area (Å²) in [6.45, 7) is 14.9. The Balaban J connectivity index is 2.13. The number of rotatable bonds is 7. The summed E-state index contributed by atoms with van der Waals surface area (Å²) < 4.78 is 27.0. The first-order valence-corrected chi connectivity index (χ1v) is 13.0. The summed E-state index contributed by atoms with van der Waals surface area (Å²) in [5, 5.41) is 5.60. The van der Waals surface area contributed by atoms with E-state index in [1.54, 1.807) is 13.8 Å². The SMILES string of the molecule is Cc1c(C)c(C(=O)NC(C)C)c(C)c(C)c1NC(=O)[C@H]1CC[C@H](NS(=O)(=O)C(C)C)CC1. The van der Waals surface area contributed by atoms with E-state index in [0.717, 1.165) is 27.9 Å². The Morgan fingerprint density at radius 1 is 0.844 bits per heavy atom. The normalized spacial score (nSPS) is 19.3. The molecule has 0 bridgehead atoms. The minimum Gasteiger partial charge on any atom is -0.350 e. The lowest BCUT2D eigenvalue weighted by atomic mass is 9.85. The van der Waals surface area contributed by atoms with Gasteiger partial charge < -0.3 is 10.6 Å². The fourth-order valence-corrected chi connectivity index (χ4v) is 5.21. The maximum atomic E-state index is 13.0. The largest absolute Gasteiger partial charge is 0.350 e. The minimum atomic E-state index is -3.31. The van der Waals surface area contributed by atoms with Gasteiger partial charge in [0.1, 0.15) is 0 Å². The number of nitrogens with one attached hydrogen (secondary N) is 3. The molecule has 1 saturated carbocycles. The molecule has 0 unspecified atom stereocenters. The number of hydrogen-bond donors (Lipinski definition) is 3. The van der Waals surface area contributed by atoms with Gasteiger partial charge in [0.2, 0.25) is 15.9 Å². The fraction of sp³-hybridized carbons (Fsp3) is 0.667. The van der Waals surface area contributed by atoms with Gasteiger partial charge in [0.15, 0.2) is 0 Å².